The molecule has 2 aromatic carbocycles. The van der Waals surface area contributed by atoms with Gasteiger partial charge in [0.2, 0.25) is 0 Å². The summed E-state index contributed by atoms with van der Waals surface area (Å²) in [4.78, 5) is 0. The van der Waals surface area contributed by atoms with Crippen molar-refractivity contribution >= 4 is 16.6 Å². The van der Waals surface area contributed by atoms with E-state index in [-0.39, 0.29) is 5.41 Å². The van der Waals surface area contributed by atoms with Gasteiger partial charge >= 0.3 is 0 Å². The average molecular weight is 556 g/mol. The number of benzene rings is 2. The quantitative estimate of drug-likeness (QED) is 0.157. The van der Waals surface area contributed by atoms with Crippen molar-refractivity contribution in [2.24, 2.45) is 5.41 Å². The van der Waals surface area contributed by atoms with Crippen LogP contribution in [0.15, 0.2) is 48.5 Å². The first-order valence-corrected chi connectivity index (χ1v) is 20.3. The van der Waals surface area contributed by atoms with E-state index >= 15 is 0 Å². The Kier molecular flexibility index (Phi) is 11.6. The molecule has 1 aliphatic rings. The van der Waals surface area contributed by atoms with Gasteiger partial charge in [-0.3, -0.25) is 0 Å². The highest BCUT2D eigenvalue weighted by atomic mass is 28.4. The Balaban J connectivity index is 1.24. The summed E-state index contributed by atoms with van der Waals surface area (Å²) in [5.41, 5.74) is 2.87. The van der Waals surface area contributed by atoms with Gasteiger partial charge in [0, 0.05) is 13.2 Å². The molecule has 1 aliphatic heterocycles. The van der Waals surface area contributed by atoms with Crippen LogP contribution in [-0.4, -0.2) is 62.9 Å². The van der Waals surface area contributed by atoms with Crippen LogP contribution in [-0.2, 0) is 18.3 Å². The molecule has 2 aromatic rings. The molecule has 8 heteroatoms. The topological polar surface area (TPSA) is 69.9 Å². The first kappa shape index (κ1) is 30.5. The van der Waals surface area contributed by atoms with E-state index in [2.05, 4.69) is 38.8 Å². The van der Waals surface area contributed by atoms with Crippen LogP contribution in [0.1, 0.15) is 24.8 Å². The molecule has 1 saturated heterocycles. The summed E-state index contributed by atoms with van der Waals surface area (Å²) in [5, 5.41) is 8.94. The first-order chi connectivity index (χ1) is 18.1. The normalized spacial score (nSPS) is 15.1. The number of hydrogen-bond acceptors (Lipinski definition) is 6. The fourth-order valence-corrected chi connectivity index (χ4v) is 12.7. The van der Waals surface area contributed by atoms with Gasteiger partial charge in [0.15, 0.2) is 16.6 Å². The Labute approximate surface area is 231 Å². The van der Waals surface area contributed by atoms with Crippen LogP contribution in [0.5, 0.6) is 5.75 Å². The second-order valence-electron chi connectivity index (χ2n) is 11.9. The van der Waals surface area contributed by atoms with E-state index < -0.39 is 16.6 Å². The van der Waals surface area contributed by atoms with Crippen molar-refractivity contribution in [3.05, 3.63) is 54.1 Å². The minimum absolute atomic E-state index is 0.00887. The molecule has 0 amide bonds. The van der Waals surface area contributed by atoms with Gasteiger partial charge in [0.05, 0.1) is 50.1 Å². The minimum atomic E-state index is -1.59. The second kappa shape index (κ2) is 14.4. The Morgan fingerprint density at radius 3 is 1.87 bits per heavy atom. The van der Waals surface area contributed by atoms with Gasteiger partial charge in [-0.2, -0.15) is 5.26 Å². The molecule has 0 aromatic heterocycles. The lowest BCUT2D eigenvalue weighted by Gasteiger charge is -2.40. The van der Waals surface area contributed by atoms with Crippen molar-refractivity contribution in [3.63, 3.8) is 0 Å². The lowest BCUT2D eigenvalue weighted by molar-refractivity contribution is -0.177. The van der Waals surface area contributed by atoms with E-state index in [0.29, 0.717) is 38.6 Å². The molecule has 0 aliphatic carbocycles. The maximum Gasteiger partial charge on any atom is 0.173 e. The third kappa shape index (κ3) is 10.6. The monoisotopic (exact) mass is 555 g/mol. The molecule has 0 saturated carbocycles. The zero-order valence-corrected chi connectivity index (χ0v) is 25.9. The molecule has 0 unspecified atom stereocenters. The van der Waals surface area contributed by atoms with Crippen LogP contribution >= 0.6 is 0 Å². The van der Waals surface area contributed by atoms with Crippen molar-refractivity contribution in [2.75, 3.05) is 46.2 Å². The second-order valence-corrected chi connectivity index (χ2v) is 21.0. The first-order valence-electron chi connectivity index (χ1n) is 13.8. The summed E-state index contributed by atoms with van der Waals surface area (Å²) in [5.74, 6) is 0.865. The molecule has 6 nitrogen and oxygen atoms in total. The SMILES string of the molecule is C[Si](C)(C)O[Si](C)(C)CCCOCC1(COCCCCOc2ccc(-c3ccc(C#N)cc3)cc2)COC1. The summed E-state index contributed by atoms with van der Waals surface area (Å²) in [6.45, 7) is 16.4. The maximum absolute atomic E-state index is 8.94. The Morgan fingerprint density at radius 2 is 1.34 bits per heavy atom. The van der Waals surface area contributed by atoms with Gasteiger partial charge in [-0.25, -0.2) is 0 Å². The van der Waals surface area contributed by atoms with E-state index in [1.54, 1.807) is 0 Å². The van der Waals surface area contributed by atoms with E-state index in [9.17, 15) is 0 Å². The van der Waals surface area contributed by atoms with Gasteiger partial charge in [-0.05, 0) is 93.4 Å². The summed E-state index contributed by atoms with van der Waals surface area (Å²) >= 11 is 0. The van der Waals surface area contributed by atoms with Crippen LogP contribution in [0.25, 0.3) is 11.1 Å². The van der Waals surface area contributed by atoms with Crippen LogP contribution in [0.2, 0.25) is 38.8 Å². The highest BCUT2D eigenvalue weighted by Gasteiger charge is 2.39. The van der Waals surface area contributed by atoms with Gasteiger partial charge in [-0.15, -0.1) is 0 Å². The van der Waals surface area contributed by atoms with Crippen molar-refractivity contribution in [2.45, 2.75) is 58.0 Å². The van der Waals surface area contributed by atoms with E-state index in [1.807, 2.05) is 48.5 Å². The van der Waals surface area contributed by atoms with E-state index in [0.717, 1.165) is 55.4 Å². The minimum Gasteiger partial charge on any atom is -0.494 e. The van der Waals surface area contributed by atoms with Crippen molar-refractivity contribution in [1.82, 2.24) is 0 Å². The molecule has 0 bridgehead atoms. The van der Waals surface area contributed by atoms with Gasteiger partial charge in [0.25, 0.3) is 0 Å². The maximum atomic E-state index is 8.94. The van der Waals surface area contributed by atoms with E-state index in [4.69, 9.17) is 28.3 Å². The Bertz CT molecular complexity index is 1010. The average Bonchev–Trinajstić information content (AvgIpc) is 2.84. The fourth-order valence-electron chi connectivity index (χ4n) is 4.63. The molecule has 1 fully saturated rings. The largest absolute Gasteiger partial charge is 0.494 e. The number of hydrogen-bond donors (Lipinski definition) is 0. The Morgan fingerprint density at radius 1 is 0.789 bits per heavy atom. The molecule has 208 valence electrons. The lowest BCUT2D eigenvalue weighted by atomic mass is 9.88. The van der Waals surface area contributed by atoms with Crippen molar-refractivity contribution in [3.8, 4) is 22.9 Å². The third-order valence-electron chi connectivity index (χ3n) is 6.44. The fraction of sp³-hybridized carbons (Fsp3) is 0.567. The number of nitrogens with zero attached hydrogens (tertiary/aromatic N) is 1. The molecule has 38 heavy (non-hydrogen) atoms. The summed E-state index contributed by atoms with van der Waals surface area (Å²) in [6.07, 6.45) is 2.95. The lowest BCUT2D eigenvalue weighted by Crippen LogP contribution is -2.50. The van der Waals surface area contributed by atoms with Crippen LogP contribution in [0.3, 0.4) is 0 Å². The molecule has 0 N–H and O–H groups in total. The summed E-state index contributed by atoms with van der Waals surface area (Å²) in [7, 11) is -3.07. The van der Waals surface area contributed by atoms with Crippen LogP contribution in [0.4, 0.5) is 0 Å². The number of ether oxygens (including phenoxy) is 4. The zero-order chi connectivity index (χ0) is 27.5. The van der Waals surface area contributed by atoms with Gasteiger partial charge in [-0.1, -0.05) is 24.3 Å². The molecule has 3 rings (SSSR count). The van der Waals surface area contributed by atoms with Crippen LogP contribution in [0, 0.1) is 16.7 Å². The highest BCUT2D eigenvalue weighted by molar-refractivity contribution is 6.84. The predicted molar refractivity (Wildman–Crippen MR) is 158 cm³/mol. The third-order valence-corrected chi connectivity index (χ3v) is 12.7. The molecular weight excluding hydrogens is 511 g/mol. The van der Waals surface area contributed by atoms with Crippen molar-refractivity contribution in [1.29, 1.82) is 5.26 Å². The number of unbranched alkanes of at least 4 members (excludes halogenated alkanes) is 1. The van der Waals surface area contributed by atoms with E-state index in [1.165, 1.54) is 0 Å². The molecular formula is C30H45NO5Si2. The molecule has 0 atom stereocenters. The van der Waals surface area contributed by atoms with Crippen molar-refractivity contribution < 1.29 is 23.1 Å². The summed E-state index contributed by atoms with van der Waals surface area (Å²) < 4.78 is 29.8. The Hall–Kier alpha value is -2.00. The molecule has 0 spiro atoms. The number of rotatable bonds is 17. The van der Waals surface area contributed by atoms with Crippen LogP contribution < -0.4 is 4.74 Å². The van der Waals surface area contributed by atoms with Gasteiger partial charge < -0.3 is 23.1 Å². The standard InChI is InChI=1S/C30H45NO5Si2/c1-37(2,3)36-38(4,5)20-8-18-33-23-30(24-34-25-30)22-32-17-6-7-19-35-29-15-13-28(14-16-29)27-11-9-26(21-31)10-12-27/h9-16H,6-8,17-20,22-25H2,1-5H3. The number of nitriles is 1. The van der Waals surface area contributed by atoms with Gasteiger partial charge in [0.1, 0.15) is 5.75 Å². The molecule has 1 heterocycles. The summed E-state index contributed by atoms with van der Waals surface area (Å²) in [6, 6.07) is 19.0. The zero-order valence-electron chi connectivity index (χ0n) is 23.9. The molecule has 0 radical (unpaired) electrons. The smallest absolute Gasteiger partial charge is 0.173 e. The predicted octanol–water partition coefficient (Wildman–Crippen LogP) is 6.88. The highest BCUT2D eigenvalue weighted by Crippen LogP contribution is 2.29.